The van der Waals surface area contributed by atoms with Crippen LogP contribution in [-0.2, 0) is 4.74 Å². The number of nitrogens with one attached hydrogen (secondary N) is 1. The molecule has 0 unspecified atom stereocenters. The minimum Gasteiger partial charge on any atom is -0.465 e. The van der Waals surface area contributed by atoms with Crippen molar-refractivity contribution in [2.75, 3.05) is 19.0 Å². The highest BCUT2D eigenvalue weighted by molar-refractivity contribution is 7.59. The molecule has 7 nitrogen and oxygen atoms in total. The second kappa shape index (κ2) is 10.2. The molecule has 1 N–H and O–H groups in total. The zero-order chi connectivity index (χ0) is 21.8. The number of carbonyl (C=O) groups excluding carboxylic acids is 1. The summed E-state index contributed by atoms with van der Waals surface area (Å²) in [7, 11) is 1.38. The Labute approximate surface area is 193 Å². The number of carbonyl (C=O) groups is 1. The highest BCUT2D eigenvalue weighted by atomic mass is 32.1. The van der Waals surface area contributed by atoms with E-state index >= 15 is 0 Å². The molecule has 0 fully saturated rings. The number of anilines is 1. The van der Waals surface area contributed by atoms with Crippen molar-refractivity contribution in [1.29, 1.82) is 0 Å². The van der Waals surface area contributed by atoms with Crippen LogP contribution in [0.3, 0.4) is 0 Å². The Bertz CT molecular complexity index is 1230. The van der Waals surface area contributed by atoms with Crippen LogP contribution in [0.15, 0.2) is 61.2 Å². The summed E-state index contributed by atoms with van der Waals surface area (Å²) in [5.41, 5.74) is 5.08. The molecule has 0 saturated heterocycles. The molecule has 0 bridgehead atoms. The van der Waals surface area contributed by atoms with E-state index < -0.39 is 0 Å². The summed E-state index contributed by atoms with van der Waals surface area (Å²) in [5.74, 6) is 0.499. The number of hydrogen-bond acceptors (Lipinski definition) is 7. The van der Waals surface area contributed by atoms with Gasteiger partial charge in [0, 0.05) is 47.6 Å². The molecular formula is C24H25N5O2S. The van der Waals surface area contributed by atoms with Crippen LogP contribution in [-0.4, -0.2) is 39.6 Å². The molecule has 1 atom stereocenters. The van der Waals surface area contributed by atoms with Crippen molar-refractivity contribution in [2.24, 2.45) is 0 Å². The minimum absolute atomic E-state index is 0. The Hall–Kier alpha value is -3.52. The van der Waals surface area contributed by atoms with Crippen LogP contribution in [0.2, 0.25) is 0 Å². The molecule has 4 aromatic rings. The van der Waals surface area contributed by atoms with Gasteiger partial charge in [-0.1, -0.05) is 25.1 Å². The molecule has 0 spiro atoms. The fourth-order valence-corrected chi connectivity index (χ4v) is 3.48. The molecule has 3 heterocycles. The standard InChI is InChI=1S/C24H23N5O2.H2S/c1-15(18-5-4-6-19-20(24(30)31-3)9-10-25-23(18)19)12-27-22-11-21(28-14-29-22)17-8-7-16(2)26-13-17;/h4-11,13-15H,12H2,1-3H3,(H,27,28,29);1H2/t15-;/m1./s1. The lowest BCUT2D eigenvalue weighted by atomic mass is 9.96. The molecule has 0 saturated carbocycles. The molecular weight excluding hydrogens is 422 g/mol. The van der Waals surface area contributed by atoms with Gasteiger partial charge in [0.15, 0.2) is 0 Å². The van der Waals surface area contributed by atoms with E-state index in [-0.39, 0.29) is 25.4 Å². The van der Waals surface area contributed by atoms with Crippen LogP contribution in [0.5, 0.6) is 0 Å². The van der Waals surface area contributed by atoms with E-state index in [0.717, 1.165) is 39.2 Å². The highest BCUT2D eigenvalue weighted by Gasteiger charge is 2.16. The average molecular weight is 448 g/mol. The maximum atomic E-state index is 12.1. The van der Waals surface area contributed by atoms with E-state index in [1.165, 1.54) is 7.11 Å². The Morgan fingerprint density at radius 1 is 1.09 bits per heavy atom. The highest BCUT2D eigenvalue weighted by Crippen LogP contribution is 2.27. The molecule has 0 aliphatic rings. The van der Waals surface area contributed by atoms with Crippen molar-refractivity contribution >= 4 is 36.2 Å². The average Bonchev–Trinajstić information content (AvgIpc) is 2.82. The van der Waals surface area contributed by atoms with E-state index in [4.69, 9.17) is 4.74 Å². The number of esters is 1. The number of aromatic nitrogens is 4. The molecule has 1 aromatic carbocycles. The summed E-state index contributed by atoms with van der Waals surface area (Å²) in [4.78, 5) is 29.7. The summed E-state index contributed by atoms with van der Waals surface area (Å²) < 4.78 is 4.91. The van der Waals surface area contributed by atoms with Gasteiger partial charge in [0.05, 0.1) is 23.9 Å². The summed E-state index contributed by atoms with van der Waals surface area (Å²) in [5, 5.41) is 4.17. The van der Waals surface area contributed by atoms with Gasteiger partial charge in [-0.2, -0.15) is 13.5 Å². The molecule has 0 radical (unpaired) electrons. The monoisotopic (exact) mass is 447 g/mol. The second-order valence-electron chi connectivity index (χ2n) is 7.35. The molecule has 3 aromatic heterocycles. The number of ether oxygens (including phenoxy) is 1. The second-order valence-corrected chi connectivity index (χ2v) is 7.35. The third-order valence-corrected chi connectivity index (χ3v) is 5.20. The third kappa shape index (κ3) is 4.86. The molecule has 4 rings (SSSR count). The SMILES string of the molecule is COC(=O)c1ccnc2c([C@H](C)CNc3cc(-c4ccc(C)nc4)ncn3)cccc12.S. The Morgan fingerprint density at radius 3 is 2.69 bits per heavy atom. The van der Waals surface area contributed by atoms with Crippen molar-refractivity contribution < 1.29 is 9.53 Å². The first-order chi connectivity index (χ1) is 15.1. The Morgan fingerprint density at radius 2 is 1.94 bits per heavy atom. The normalized spacial score (nSPS) is 11.5. The predicted molar refractivity (Wildman–Crippen MR) is 130 cm³/mol. The van der Waals surface area contributed by atoms with Crippen LogP contribution >= 0.6 is 13.5 Å². The zero-order valence-electron chi connectivity index (χ0n) is 18.2. The number of para-hydroxylation sites is 1. The molecule has 164 valence electrons. The van der Waals surface area contributed by atoms with Gasteiger partial charge in [0.1, 0.15) is 12.1 Å². The minimum atomic E-state index is -0.366. The van der Waals surface area contributed by atoms with E-state index in [1.807, 2.05) is 49.5 Å². The van der Waals surface area contributed by atoms with Crippen molar-refractivity contribution in [3.05, 3.63) is 78.0 Å². The molecule has 0 aliphatic heterocycles. The Kier molecular flexibility index (Phi) is 7.37. The predicted octanol–water partition coefficient (Wildman–Crippen LogP) is 4.51. The summed E-state index contributed by atoms with van der Waals surface area (Å²) in [6, 6.07) is 13.4. The van der Waals surface area contributed by atoms with Crippen LogP contribution in [0.4, 0.5) is 5.82 Å². The fourth-order valence-electron chi connectivity index (χ4n) is 3.48. The van der Waals surface area contributed by atoms with Crippen LogP contribution < -0.4 is 5.32 Å². The zero-order valence-corrected chi connectivity index (χ0v) is 19.2. The molecule has 0 aliphatic carbocycles. The number of rotatable bonds is 6. The Balaban J connectivity index is 0.00000289. The number of pyridine rings is 2. The maximum absolute atomic E-state index is 12.1. The summed E-state index contributed by atoms with van der Waals surface area (Å²) in [6.07, 6.45) is 5.00. The topological polar surface area (TPSA) is 89.9 Å². The van der Waals surface area contributed by atoms with Crippen LogP contribution in [0.25, 0.3) is 22.2 Å². The smallest absolute Gasteiger partial charge is 0.338 e. The summed E-state index contributed by atoms with van der Waals surface area (Å²) in [6.45, 7) is 4.71. The van der Waals surface area contributed by atoms with E-state index in [0.29, 0.717) is 12.1 Å². The van der Waals surface area contributed by atoms with Gasteiger partial charge < -0.3 is 10.1 Å². The lowest BCUT2D eigenvalue weighted by molar-refractivity contribution is 0.0603. The summed E-state index contributed by atoms with van der Waals surface area (Å²) >= 11 is 0. The van der Waals surface area contributed by atoms with Crippen molar-refractivity contribution in [3.8, 4) is 11.3 Å². The number of benzene rings is 1. The quantitative estimate of drug-likeness (QED) is 0.435. The fraction of sp³-hybridized carbons (Fsp3) is 0.208. The lowest BCUT2D eigenvalue weighted by Crippen LogP contribution is -2.12. The van der Waals surface area contributed by atoms with Gasteiger partial charge in [-0.05, 0) is 30.7 Å². The van der Waals surface area contributed by atoms with Crippen LogP contribution in [0, 0.1) is 6.92 Å². The third-order valence-electron chi connectivity index (χ3n) is 5.20. The molecule has 8 heteroatoms. The number of methoxy groups -OCH3 is 1. The van der Waals surface area contributed by atoms with Crippen molar-refractivity contribution in [3.63, 3.8) is 0 Å². The van der Waals surface area contributed by atoms with E-state index in [2.05, 4.69) is 32.2 Å². The van der Waals surface area contributed by atoms with Gasteiger partial charge >= 0.3 is 5.97 Å². The van der Waals surface area contributed by atoms with Gasteiger partial charge in [0.2, 0.25) is 0 Å². The first kappa shape index (κ1) is 23.1. The molecule has 0 amide bonds. The number of nitrogens with zero attached hydrogens (tertiary/aromatic N) is 4. The molecule has 32 heavy (non-hydrogen) atoms. The van der Waals surface area contributed by atoms with Crippen molar-refractivity contribution in [1.82, 2.24) is 19.9 Å². The number of fused-ring (bicyclic) bond motifs is 1. The van der Waals surface area contributed by atoms with E-state index in [1.54, 1.807) is 18.6 Å². The van der Waals surface area contributed by atoms with E-state index in [9.17, 15) is 4.79 Å². The van der Waals surface area contributed by atoms with Gasteiger partial charge in [-0.25, -0.2) is 14.8 Å². The van der Waals surface area contributed by atoms with Gasteiger partial charge in [-0.15, -0.1) is 0 Å². The van der Waals surface area contributed by atoms with Crippen molar-refractivity contribution in [2.45, 2.75) is 19.8 Å². The largest absolute Gasteiger partial charge is 0.465 e. The van der Waals surface area contributed by atoms with Crippen LogP contribution in [0.1, 0.15) is 34.5 Å². The first-order valence-electron chi connectivity index (χ1n) is 10.0. The van der Waals surface area contributed by atoms with Gasteiger partial charge in [-0.3, -0.25) is 9.97 Å². The number of aryl methyl sites for hydroxylation is 1. The maximum Gasteiger partial charge on any atom is 0.338 e. The van der Waals surface area contributed by atoms with Gasteiger partial charge in [0.25, 0.3) is 0 Å². The number of hydrogen-bond donors (Lipinski definition) is 1. The lowest BCUT2D eigenvalue weighted by Gasteiger charge is -2.16. The first-order valence-corrected chi connectivity index (χ1v) is 10.0.